The van der Waals surface area contributed by atoms with Gasteiger partial charge in [0, 0.05) is 37.4 Å². The quantitative estimate of drug-likeness (QED) is 0.661. The van der Waals surface area contributed by atoms with E-state index in [4.69, 9.17) is 0 Å². The second-order valence-corrected chi connectivity index (χ2v) is 7.16. The van der Waals surface area contributed by atoms with Gasteiger partial charge in [-0.1, -0.05) is 19.9 Å². The van der Waals surface area contributed by atoms with Crippen LogP contribution in [0.1, 0.15) is 29.9 Å². The molecule has 0 spiro atoms. The summed E-state index contributed by atoms with van der Waals surface area (Å²) >= 11 is 0. The van der Waals surface area contributed by atoms with Crippen LogP contribution in [0.25, 0.3) is 0 Å². The van der Waals surface area contributed by atoms with Crippen LogP contribution >= 0.6 is 0 Å². The van der Waals surface area contributed by atoms with Gasteiger partial charge in [0.05, 0.1) is 18.6 Å². The third-order valence-electron chi connectivity index (χ3n) is 4.38. The van der Waals surface area contributed by atoms with Gasteiger partial charge < -0.3 is 19.8 Å². The molecule has 1 aromatic carbocycles. The summed E-state index contributed by atoms with van der Waals surface area (Å²) in [6, 6.07) is 11.0. The standard InChI is InChI=1S/C21H25N5O2/c1-15(2)12-26(21(28)19-8-5-9-23-20(19)27)18-7-4-6-17(10-18)25(3)13-16-11-22-14-24-16/h4-11,14-15H,12-13H2,1-3H3,(H,22,24)(H,23,27). The lowest BCUT2D eigenvalue weighted by atomic mass is 10.1. The third-order valence-corrected chi connectivity index (χ3v) is 4.38. The van der Waals surface area contributed by atoms with Crippen LogP contribution in [0.4, 0.5) is 11.4 Å². The maximum atomic E-state index is 13.1. The summed E-state index contributed by atoms with van der Waals surface area (Å²) in [6.45, 7) is 5.25. The summed E-state index contributed by atoms with van der Waals surface area (Å²) in [5.74, 6) is -0.0557. The van der Waals surface area contributed by atoms with E-state index in [9.17, 15) is 9.59 Å². The van der Waals surface area contributed by atoms with Crippen LogP contribution in [0, 0.1) is 5.92 Å². The maximum absolute atomic E-state index is 13.1. The zero-order chi connectivity index (χ0) is 20.1. The van der Waals surface area contributed by atoms with Gasteiger partial charge in [0.15, 0.2) is 0 Å². The highest BCUT2D eigenvalue weighted by atomic mass is 16.2. The van der Waals surface area contributed by atoms with Crippen molar-refractivity contribution in [3.63, 3.8) is 0 Å². The number of carbonyl (C=O) groups is 1. The number of imidazole rings is 1. The predicted molar refractivity (Wildman–Crippen MR) is 111 cm³/mol. The molecule has 28 heavy (non-hydrogen) atoms. The molecular weight excluding hydrogens is 354 g/mol. The van der Waals surface area contributed by atoms with Gasteiger partial charge in [-0.2, -0.15) is 0 Å². The van der Waals surface area contributed by atoms with Crippen molar-refractivity contribution in [2.75, 3.05) is 23.4 Å². The molecule has 146 valence electrons. The van der Waals surface area contributed by atoms with E-state index in [0.717, 1.165) is 17.1 Å². The Morgan fingerprint density at radius 3 is 2.64 bits per heavy atom. The number of nitrogens with one attached hydrogen (secondary N) is 2. The Hall–Kier alpha value is -3.35. The van der Waals surface area contributed by atoms with E-state index < -0.39 is 0 Å². The second-order valence-electron chi connectivity index (χ2n) is 7.16. The SMILES string of the molecule is CC(C)CN(C(=O)c1ccc[nH]c1=O)c1cccc(N(C)Cc2c[nH]cn2)c1. The highest BCUT2D eigenvalue weighted by Gasteiger charge is 2.21. The van der Waals surface area contributed by atoms with Crippen LogP contribution in [0.5, 0.6) is 0 Å². The number of H-pyrrole nitrogens is 2. The minimum Gasteiger partial charge on any atom is -0.369 e. The fourth-order valence-corrected chi connectivity index (χ4v) is 3.02. The summed E-state index contributed by atoms with van der Waals surface area (Å²) in [4.78, 5) is 38.7. The van der Waals surface area contributed by atoms with Gasteiger partial charge in [0.1, 0.15) is 5.56 Å². The largest absolute Gasteiger partial charge is 0.369 e. The van der Waals surface area contributed by atoms with Crippen molar-refractivity contribution in [2.24, 2.45) is 5.92 Å². The Kier molecular flexibility index (Phi) is 5.93. The first kappa shape index (κ1) is 19.4. The molecule has 2 heterocycles. The molecule has 0 radical (unpaired) electrons. The molecule has 0 saturated carbocycles. The Balaban J connectivity index is 1.91. The van der Waals surface area contributed by atoms with Gasteiger partial charge in [0.25, 0.3) is 11.5 Å². The van der Waals surface area contributed by atoms with Crippen molar-refractivity contribution in [2.45, 2.75) is 20.4 Å². The number of hydrogen-bond donors (Lipinski definition) is 2. The van der Waals surface area contributed by atoms with Crippen LogP contribution in [0.15, 0.2) is 59.9 Å². The molecule has 0 unspecified atom stereocenters. The molecule has 0 aliphatic heterocycles. The van der Waals surface area contributed by atoms with Crippen molar-refractivity contribution < 1.29 is 4.79 Å². The first-order chi connectivity index (χ1) is 13.5. The lowest BCUT2D eigenvalue weighted by molar-refractivity contribution is 0.0982. The van der Waals surface area contributed by atoms with Gasteiger partial charge in [-0.15, -0.1) is 0 Å². The monoisotopic (exact) mass is 379 g/mol. The van der Waals surface area contributed by atoms with Crippen LogP contribution in [0.3, 0.4) is 0 Å². The molecule has 7 nitrogen and oxygen atoms in total. The minimum atomic E-state index is -0.381. The molecule has 0 bridgehead atoms. The molecule has 1 amide bonds. The molecule has 0 atom stereocenters. The number of amides is 1. The number of carbonyl (C=O) groups excluding carboxylic acids is 1. The average Bonchev–Trinajstić information content (AvgIpc) is 3.19. The van der Waals surface area contributed by atoms with Gasteiger partial charge in [-0.25, -0.2) is 4.98 Å². The molecule has 7 heteroatoms. The maximum Gasteiger partial charge on any atom is 0.263 e. The number of pyridine rings is 1. The highest BCUT2D eigenvalue weighted by molar-refractivity contribution is 6.06. The molecule has 2 N–H and O–H groups in total. The molecule has 3 rings (SSSR count). The molecule has 0 aliphatic carbocycles. The fraction of sp³-hybridized carbons (Fsp3) is 0.286. The molecule has 2 aromatic heterocycles. The molecular formula is C21H25N5O2. The lowest BCUT2D eigenvalue weighted by Gasteiger charge is -2.26. The average molecular weight is 379 g/mol. The summed E-state index contributed by atoms with van der Waals surface area (Å²) in [6.07, 6.45) is 5.03. The minimum absolute atomic E-state index is 0.137. The first-order valence-corrected chi connectivity index (χ1v) is 9.24. The molecule has 3 aromatic rings. The van der Waals surface area contributed by atoms with Gasteiger partial charge in [-0.3, -0.25) is 9.59 Å². The third kappa shape index (κ3) is 4.49. The normalized spacial score (nSPS) is 10.9. The molecule has 0 aliphatic rings. The number of aromatic nitrogens is 3. The van der Waals surface area contributed by atoms with Crippen molar-refractivity contribution in [1.29, 1.82) is 0 Å². The Bertz CT molecular complexity index is 978. The van der Waals surface area contributed by atoms with E-state index >= 15 is 0 Å². The molecule has 0 saturated heterocycles. The van der Waals surface area contributed by atoms with E-state index in [1.54, 1.807) is 23.4 Å². The fourth-order valence-electron chi connectivity index (χ4n) is 3.02. The van der Waals surface area contributed by atoms with Crippen molar-refractivity contribution in [3.05, 3.63) is 76.7 Å². The summed E-state index contributed by atoms with van der Waals surface area (Å²) in [5.41, 5.74) is 2.41. The molecule has 0 fully saturated rings. The van der Waals surface area contributed by atoms with Gasteiger partial charge in [0.2, 0.25) is 0 Å². The van der Waals surface area contributed by atoms with Crippen molar-refractivity contribution in [1.82, 2.24) is 15.0 Å². The Morgan fingerprint density at radius 1 is 1.18 bits per heavy atom. The van der Waals surface area contributed by atoms with Gasteiger partial charge in [-0.05, 0) is 36.2 Å². The number of nitrogens with zero attached hydrogens (tertiary/aromatic N) is 3. The first-order valence-electron chi connectivity index (χ1n) is 9.24. The van der Waals surface area contributed by atoms with Crippen LogP contribution < -0.4 is 15.4 Å². The van der Waals surface area contributed by atoms with E-state index in [0.29, 0.717) is 13.1 Å². The van der Waals surface area contributed by atoms with Crippen LogP contribution in [-0.4, -0.2) is 34.5 Å². The number of benzene rings is 1. The Labute approximate surface area is 164 Å². The highest BCUT2D eigenvalue weighted by Crippen LogP contribution is 2.24. The smallest absolute Gasteiger partial charge is 0.263 e. The van der Waals surface area contributed by atoms with Crippen molar-refractivity contribution >= 4 is 17.3 Å². The van der Waals surface area contributed by atoms with E-state index in [-0.39, 0.29) is 22.9 Å². The zero-order valence-electron chi connectivity index (χ0n) is 16.3. The van der Waals surface area contributed by atoms with Gasteiger partial charge >= 0.3 is 0 Å². The van der Waals surface area contributed by atoms with E-state index in [1.165, 1.54) is 6.20 Å². The number of rotatable bonds is 7. The zero-order valence-corrected chi connectivity index (χ0v) is 16.3. The lowest BCUT2D eigenvalue weighted by Crippen LogP contribution is -2.37. The van der Waals surface area contributed by atoms with E-state index in [2.05, 4.69) is 19.9 Å². The van der Waals surface area contributed by atoms with Crippen LogP contribution in [0.2, 0.25) is 0 Å². The number of aromatic amines is 2. The number of anilines is 2. The predicted octanol–water partition coefficient (Wildman–Crippen LogP) is 3.04. The summed E-state index contributed by atoms with van der Waals surface area (Å²) in [5, 5.41) is 0. The Morgan fingerprint density at radius 2 is 1.96 bits per heavy atom. The summed E-state index contributed by atoms with van der Waals surface area (Å²) in [7, 11) is 1.98. The van der Waals surface area contributed by atoms with Crippen molar-refractivity contribution in [3.8, 4) is 0 Å². The topological polar surface area (TPSA) is 85.1 Å². The van der Waals surface area contributed by atoms with Crippen LogP contribution in [-0.2, 0) is 6.54 Å². The second kappa shape index (κ2) is 8.56. The number of hydrogen-bond acceptors (Lipinski definition) is 4. The summed E-state index contributed by atoms with van der Waals surface area (Å²) < 4.78 is 0. The van der Waals surface area contributed by atoms with E-state index in [1.807, 2.05) is 51.4 Å².